The van der Waals surface area contributed by atoms with Crippen LogP contribution in [-0.4, -0.2) is 55.9 Å². The monoisotopic (exact) mass is 746 g/mol. The molecule has 51 heavy (non-hydrogen) atoms. The van der Waals surface area contributed by atoms with Crippen LogP contribution in [-0.2, 0) is 28.2 Å². The first-order valence-electron chi connectivity index (χ1n) is 21.8. The molecule has 304 valence electrons. The van der Waals surface area contributed by atoms with Gasteiger partial charge in [-0.15, -0.1) is 0 Å². The molecule has 9 heteroatoms. The van der Waals surface area contributed by atoms with Crippen molar-refractivity contribution in [3.63, 3.8) is 0 Å². The molecule has 0 aromatic rings. The van der Waals surface area contributed by atoms with E-state index in [2.05, 4.69) is 19.2 Å². The van der Waals surface area contributed by atoms with E-state index < -0.39 is 13.7 Å². The summed E-state index contributed by atoms with van der Waals surface area (Å²) >= 11 is 0. The normalized spacial score (nSPS) is 13.3. The fraction of sp³-hybridized carbons (Fsp3) is 0.952. The van der Waals surface area contributed by atoms with Crippen LogP contribution >= 0.6 is 7.60 Å². The lowest BCUT2D eigenvalue weighted by molar-refractivity contribution is -0.161. The second-order valence-electron chi connectivity index (χ2n) is 15.0. The van der Waals surface area contributed by atoms with Gasteiger partial charge >= 0.3 is 19.5 Å². The van der Waals surface area contributed by atoms with Crippen LogP contribution in [0.4, 0.5) is 0 Å². The Morgan fingerprint density at radius 1 is 0.529 bits per heavy atom. The summed E-state index contributed by atoms with van der Waals surface area (Å²) in [5.74, 6) is -0.727. The number of unbranched alkanes of at least 4 members (excludes halogenated alkanes) is 28. The molecule has 0 radical (unpaired) electrons. The second kappa shape index (κ2) is 38.8. The van der Waals surface area contributed by atoms with Gasteiger partial charge in [0.05, 0.1) is 12.8 Å². The Hall–Kier alpha value is -0.950. The van der Waals surface area contributed by atoms with E-state index in [1.54, 1.807) is 7.05 Å². The first-order chi connectivity index (χ1) is 24.8. The number of nitrogens with one attached hydrogen (secondary N) is 1. The Kier molecular flexibility index (Phi) is 38.0. The zero-order valence-corrected chi connectivity index (χ0v) is 34.8. The topological polar surface area (TPSA) is 111 Å². The van der Waals surface area contributed by atoms with Crippen LogP contribution in [0.1, 0.15) is 219 Å². The predicted octanol–water partition coefficient (Wildman–Crippen LogP) is 12.4. The van der Waals surface area contributed by atoms with E-state index in [1.807, 2.05) is 0 Å². The quantitative estimate of drug-likeness (QED) is 0.0361. The molecule has 1 unspecified atom stereocenters. The minimum absolute atomic E-state index is 0.0533. The van der Waals surface area contributed by atoms with Crippen molar-refractivity contribution >= 4 is 19.5 Å². The van der Waals surface area contributed by atoms with Crippen LogP contribution in [0, 0.1) is 0 Å². The Labute approximate surface area is 315 Å². The highest BCUT2D eigenvalue weighted by Crippen LogP contribution is 2.41. The van der Waals surface area contributed by atoms with Gasteiger partial charge in [-0.2, -0.15) is 0 Å². The molecule has 0 aliphatic heterocycles. The van der Waals surface area contributed by atoms with E-state index in [1.165, 1.54) is 154 Å². The van der Waals surface area contributed by atoms with Crippen LogP contribution in [0.2, 0.25) is 0 Å². The Morgan fingerprint density at radius 2 is 0.863 bits per heavy atom. The lowest BCUT2D eigenvalue weighted by Gasteiger charge is -2.20. The molecule has 8 nitrogen and oxygen atoms in total. The van der Waals surface area contributed by atoms with E-state index in [0.29, 0.717) is 13.0 Å². The number of carbonyl (C=O) groups is 2. The summed E-state index contributed by atoms with van der Waals surface area (Å²) in [6.45, 7) is 4.40. The molecule has 0 bridgehead atoms. The summed E-state index contributed by atoms with van der Waals surface area (Å²) < 4.78 is 28.6. The van der Waals surface area contributed by atoms with Crippen molar-refractivity contribution in [3.05, 3.63) is 0 Å². The smallest absolute Gasteiger partial charge is 0.329 e. The van der Waals surface area contributed by atoms with Crippen molar-refractivity contribution in [1.82, 2.24) is 5.32 Å². The maximum Gasteiger partial charge on any atom is 0.329 e. The highest BCUT2D eigenvalue weighted by molar-refractivity contribution is 7.52. The largest absolute Gasteiger partial charge is 0.462 e. The molecule has 0 amide bonds. The van der Waals surface area contributed by atoms with Gasteiger partial charge in [-0.1, -0.05) is 194 Å². The number of esters is 2. The molecular formula is C42H84NO7P. The van der Waals surface area contributed by atoms with E-state index >= 15 is 0 Å². The van der Waals surface area contributed by atoms with Crippen molar-refractivity contribution in [3.8, 4) is 0 Å². The van der Waals surface area contributed by atoms with E-state index in [4.69, 9.17) is 14.0 Å². The fourth-order valence-electron chi connectivity index (χ4n) is 6.42. The number of hydrogen-bond donors (Lipinski definition) is 2. The molecular weight excluding hydrogens is 661 g/mol. The van der Waals surface area contributed by atoms with Crippen LogP contribution in [0.25, 0.3) is 0 Å². The van der Waals surface area contributed by atoms with Crippen LogP contribution < -0.4 is 5.32 Å². The molecule has 0 saturated heterocycles. The average molecular weight is 746 g/mol. The summed E-state index contributed by atoms with van der Waals surface area (Å²) in [6, 6.07) is 0. The van der Waals surface area contributed by atoms with Gasteiger partial charge in [-0.3, -0.25) is 14.2 Å². The molecule has 0 aliphatic rings. The second-order valence-corrected chi connectivity index (χ2v) is 16.9. The molecule has 0 aromatic carbocycles. The van der Waals surface area contributed by atoms with E-state index in [0.717, 1.165) is 38.5 Å². The standard InChI is InChI=1S/C42H84NO7P/c1-4-6-8-10-12-14-16-18-20-22-24-26-28-30-32-34-41(44)48-38-40(39-49-51(46,47)37-36-43-3)50-42(45)35-33-31-29-27-25-23-21-19-17-15-13-11-9-7-5-2/h40,43H,4-39H2,1-3H3,(H,46,47)/t40-/m1/s1. The summed E-state index contributed by atoms with van der Waals surface area (Å²) in [5.41, 5.74) is 0. The van der Waals surface area contributed by atoms with Gasteiger partial charge in [0, 0.05) is 19.4 Å². The molecule has 0 aromatic heterocycles. The molecule has 0 saturated carbocycles. The Bertz CT molecular complexity index is 812. The Balaban J connectivity index is 4.11. The van der Waals surface area contributed by atoms with Gasteiger partial charge in [0.2, 0.25) is 0 Å². The van der Waals surface area contributed by atoms with Crippen molar-refractivity contribution in [2.24, 2.45) is 0 Å². The van der Waals surface area contributed by atoms with Crippen LogP contribution in [0.3, 0.4) is 0 Å². The first-order valence-corrected chi connectivity index (χ1v) is 23.6. The lowest BCUT2D eigenvalue weighted by atomic mass is 10.0. The average Bonchev–Trinajstić information content (AvgIpc) is 3.11. The summed E-state index contributed by atoms with van der Waals surface area (Å²) in [7, 11) is -2.15. The maximum absolute atomic E-state index is 12.6. The lowest BCUT2D eigenvalue weighted by Crippen LogP contribution is -2.29. The van der Waals surface area contributed by atoms with Crippen LogP contribution in [0.5, 0.6) is 0 Å². The molecule has 0 rings (SSSR count). The van der Waals surface area contributed by atoms with Gasteiger partial charge in [-0.25, -0.2) is 0 Å². The zero-order valence-electron chi connectivity index (χ0n) is 33.9. The molecule has 0 spiro atoms. The minimum atomic E-state index is -3.85. The number of hydrogen-bond acceptors (Lipinski definition) is 7. The van der Waals surface area contributed by atoms with Gasteiger partial charge in [-0.05, 0) is 19.9 Å². The molecule has 0 heterocycles. The first kappa shape index (κ1) is 50.1. The van der Waals surface area contributed by atoms with Crippen molar-refractivity contribution in [1.29, 1.82) is 0 Å². The van der Waals surface area contributed by atoms with Gasteiger partial charge in [0.25, 0.3) is 0 Å². The fourth-order valence-corrected chi connectivity index (χ4v) is 7.45. The van der Waals surface area contributed by atoms with E-state index in [9.17, 15) is 19.0 Å². The van der Waals surface area contributed by atoms with Crippen molar-refractivity contribution < 1.29 is 33.0 Å². The number of ether oxygens (including phenoxy) is 2. The van der Waals surface area contributed by atoms with Gasteiger partial charge in [0.15, 0.2) is 6.10 Å². The summed E-state index contributed by atoms with van der Waals surface area (Å²) in [6.07, 6.45) is 37.4. The van der Waals surface area contributed by atoms with Crippen LogP contribution in [0.15, 0.2) is 0 Å². The minimum Gasteiger partial charge on any atom is -0.462 e. The van der Waals surface area contributed by atoms with Crippen molar-refractivity contribution in [2.75, 3.05) is 33.0 Å². The highest BCUT2D eigenvalue weighted by Gasteiger charge is 2.24. The highest BCUT2D eigenvalue weighted by atomic mass is 31.2. The molecule has 2 N–H and O–H groups in total. The number of rotatable bonds is 41. The summed E-state index contributed by atoms with van der Waals surface area (Å²) in [5, 5.41) is 2.83. The summed E-state index contributed by atoms with van der Waals surface area (Å²) in [4.78, 5) is 35.1. The molecule has 2 atom stereocenters. The predicted molar refractivity (Wildman–Crippen MR) is 215 cm³/mol. The Morgan fingerprint density at radius 3 is 1.22 bits per heavy atom. The molecule has 0 aliphatic carbocycles. The zero-order chi connectivity index (χ0) is 37.5. The molecule has 0 fully saturated rings. The van der Waals surface area contributed by atoms with E-state index in [-0.39, 0.29) is 37.7 Å². The SMILES string of the molecule is CCCCCCCCCCCCCCCCCC(=O)OC[C@H](COP(=O)(O)CCNC)OC(=O)CCCCCCCCCCCCCCCCC. The number of carbonyl (C=O) groups excluding carboxylic acids is 2. The van der Waals surface area contributed by atoms with Gasteiger partial charge < -0.3 is 24.2 Å². The third kappa shape index (κ3) is 38.6. The maximum atomic E-state index is 12.6. The third-order valence-corrected chi connectivity index (χ3v) is 11.1. The van der Waals surface area contributed by atoms with Crippen molar-refractivity contribution in [2.45, 2.75) is 225 Å². The van der Waals surface area contributed by atoms with Gasteiger partial charge in [0.1, 0.15) is 6.61 Å². The third-order valence-electron chi connectivity index (χ3n) is 9.80.